The molecule has 0 atom stereocenters. The van der Waals surface area contributed by atoms with E-state index < -0.39 is 0 Å². The molecule has 2 aromatic carbocycles. The minimum atomic E-state index is 0.726. The highest BCUT2D eigenvalue weighted by molar-refractivity contribution is 6.30. The Balaban J connectivity index is 1.64. The molecule has 0 aliphatic carbocycles. The van der Waals surface area contributed by atoms with Crippen LogP contribution in [0.2, 0.25) is 5.02 Å². The number of aliphatic imine (C=N–C) groups is 1. The third-order valence-corrected chi connectivity index (χ3v) is 3.98. The minimum absolute atomic E-state index is 0.726. The fraction of sp³-hybridized carbons (Fsp3) is 0.222. The van der Waals surface area contributed by atoms with E-state index in [1.807, 2.05) is 37.3 Å². The van der Waals surface area contributed by atoms with Crippen LogP contribution in [0.4, 0.5) is 0 Å². The molecular weight excluding hydrogens is 308 g/mol. The molecule has 5 heteroatoms. The van der Waals surface area contributed by atoms with E-state index in [1.165, 1.54) is 5.56 Å². The van der Waals surface area contributed by atoms with Crippen LogP contribution in [0.15, 0.2) is 64.7 Å². The Morgan fingerprint density at radius 2 is 1.91 bits per heavy atom. The van der Waals surface area contributed by atoms with Gasteiger partial charge in [-0.05, 0) is 30.2 Å². The number of guanidine groups is 1. The summed E-state index contributed by atoms with van der Waals surface area (Å²) in [4.78, 5) is 6.70. The summed E-state index contributed by atoms with van der Waals surface area (Å²) >= 11 is 5.91. The summed E-state index contributed by atoms with van der Waals surface area (Å²) in [6, 6.07) is 18.0. The van der Waals surface area contributed by atoms with Crippen LogP contribution in [0.25, 0.3) is 0 Å². The summed E-state index contributed by atoms with van der Waals surface area (Å²) in [6.07, 6.45) is 0. The molecule has 2 aromatic rings. The van der Waals surface area contributed by atoms with Crippen LogP contribution in [-0.4, -0.2) is 29.7 Å². The Morgan fingerprint density at radius 3 is 2.65 bits per heavy atom. The van der Waals surface area contributed by atoms with Gasteiger partial charge in [0.05, 0.1) is 12.3 Å². The molecular formula is C18H19ClN4. The lowest BCUT2D eigenvalue weighted by atomic mass is 10.1. The monoisotopic (exact) mass is 326 g/mol. The van der Waals surface area contributed by atoms with Crippen LogP contribution >= 0.6 is 11.6 Å². The van der Waals surface area contributed by atoms with Crippen LogP contribution in [0.3, 0.4) is 0 Å². The van der Waals surface area contributed by atoms with Crippen molar-refractivity contribution in [1.82, 2.24) is 10.3 Å². The summed E-state index contributed by atoms with van der Waals surface area (Å²) in [6.45, 7) is 4.51. The second-order valence-electron chi connectivity index (χ2n) is 5.43. The van der Waals surface area contributed by atoms with Crippen LogP contribution in [0.5, 0.6) is 0 Å². The van der Waals surface area contributed by atoms with Crippen molar-refractivity contribution in [3.8, 4) is 0 Å². The zero-order valence-corrected chi connectivity index (χ0v) is 13.8. The second kappa shape index (κ2) is 7.29. The fourth-order valence-electron chi connectivity index (χ4n) is 2.44. The maximum atomic E-state index is 5.91. The summed E-state index contributed by atoms with van der Waals surface area (Å²) in [7, 11) is 0. The van der Waals surface area contributed by atoms with Gasteiger partial charge in [0.15, 0.2) is 0 Å². The van der Waals surface area contributed by atoms with Crippen molar-refractivity contribution >= 4 is 23.3 Å². The van der Waals surface area contributed by atoms with Crippen molar-refractivity contribution in [2.75, 3.05) is 13.1 Å². The van der Waals surface area contributed by atoms with Crippen molar-refractivity contribution in [1.29, 1.82) is 0 Å². The van der Waals surface area contributed by atoms with Gasteiger partial charge < -0.3 is 4.90 Å². The average Bonchev–Trinajstić information content (AvgIpc) is 3.01. The van der Waals surface area contributed by atoms with Gasteiger partial charge in [0.25, 0.3) is 0 Å². The van der Waals surface area contributed by atoms with Crippen molar-refractivity contribution in [3.63, 3.8) is 0 Å². The van der Waals surface area contributed by atoms with E-state index in [-0.39, 0.29) is 0 Å². The molecule has 3 rings (SSSR count). The first kappa shape index (κ1) is 15.6. The van der Waals surface area contributed by atoms with Crippen LogP contribution in [0, 0.1) is 0 Å². The van der Waals surface area contributed by atoms with E-state index in [0.29, 0.717) is 0 Å². The zero-order valence-electron chi connectivity index (χ0n) is 13.0. The van der Waals surface area contributed by atoms with Gasteiger partial charge >= 0.3 is 0 Å². The highest BCUT2D eigenvalue weighted by atomic mass is 35.5. The summed E-state index contributed by atoms with van der Waals surface area (Å²) in [5.41, 5.74) is 6.30. The fourth-order valence-corrected chi connectivity index (χ4v) is 2.56. The Labute approximate surface area is 141 Å². The molecule has 0 bridgehead atoms. The lowest BCUT2D eigenvalue weighted by Crippen LogP contribution is -2.35. The number of halogens is 1. The highest BCUT2D eigenvalue weighted by Gasteiger charge is 2.16. The number of nitrogens with zero attached hydrogens (tertiary/aromatic N) is 3. The van der Waals surface area contributed by atoms with E-state index in [9.17, 15) is 0 Å². The molecule has 0 unspecified atom stereocenters. The Bertz CT molecular complexity index is 708. The van der Waals surface area contributed by atoms with Crippen molar-refractivity contribution in [2.24, 2.45) is 10.1 Å². The van der Waals surface area contributed by atoms with Gasteiger partial charge in [-0.25, -0.2) is 10.4 Å². The quantitative estimate of drug-likeness (QED) is 0.689. The molecule has 23 heavy (non-hydrogen) atoms. The second-order valence-corrected chi connectivity index (χ2v) is 5.86. The van der Waals surface area contributed by atoms with Gasteiger partial charge in [0.1, 0.15) is 0 Å². The van der Waals surface area contributed by atoms with Gasteiger partial charge in [-0.3, -0.25) is 0 Å². The third-order valence-electron chi connectivity index (χ3n) is 3.73. The standard InChI is InChI=1S/C18H19ClN4/c1-14(16-7-9-17(19)10-8-16)21-22-18-20-11-12-23(18)13-15-5-3-2-4-6-15/h2-10H,11-13H2,1H3,(H,20,22). The van der Waals surface area contributed by atoms with Crippen LogP contribution in [-0.2, 0) is 6.54 Å². The zero-order chi connectivity index (χ0) is 16.1. The molecule has 0 amide bonds. The van der Waals surface area contributed by atoms with E-state index in [4.69, 9.17) is 11.6 Å². The van der Waals surface area contributed by atoms with Crippen LogP contribution < -0.4 is 5.43 Å². The molecule has 0 spiro atoms. The predicted octanol–water partition coefficient (Wildman–Crippen LogP) is 3.53. The molecule has 0 radical (unpaired) electrons. The molecule has 4 nitrogen and oxygen atoms in total. The minimum Gasteiger partial charge on any atom is -0.335 e. The summed E-state index contributed by atoms with van der Waals surface area (Å²) in [5, 5.41) is 5.17. The van der Waals surface area contributed by atoms with Crippen molar-refractivity contribution in [2.45, 2.75) is 13.5 Å². The molecule has 1 N–H and O–H groups in total. The first-order chi connectivity index (χ1) is 11.2. The van der Waals surface area contributed by atoms with Gasteiger partial charge in [0.2, 0.25) is 5.96 Å². The molecule has 1 heterocycles. The Hall–Kier alpha value is -2.33. The van der Waals surface area contributed by atoms with Crippen LogP contribution in [0.1, 0.15) is 18.1 Å². The van der Waals surface area contributed by atoms with Crippen molar-refractivity contribution < 1.29 is 0 Å². The Kier molecular flexibility index (Phi) is 4.93. The van der Waals surface area contributed by atoms with E-state index in [1.54, 1.807) is 0 Å². The van der Waals surface area contributed by atoms with Gasteiger partial charge in [-0.15, -0.1) is 0 Å². The average molecular weight is 327 g/mol. The SMILES string of the molecule is CC(=NNC1=NCCN1Cc1ccccc1)c1ccc(Cl)cc1. The van der Waals surface area contributed by atoms with E-state index in [0.717, 1.165) is 41.9 Å². The Morgan fingerprint density at radius 1 is 1.17 bits per heavy atom. The molecule has 0 aromatic heterocycles. The van der Waals surface area contributed by atoms with Gasteiger partial charge in [-0.2, -0.15) is 5.10 Å². The normalized spacial score (nSPS) is 14.8. The highest BCUT2D eigenvalue weighted by Crippen LogP contribution is 2.11. The lowest BCUT2D eigenvalue weighted by Gasteiger charge is -2.19. The smallest absolute Gasteiger partial charge is 0.215 e. The number of hydrogen-bond acceptors (Lipinski definition) is 4. The number of hydrazone groups is 1. The number of nitrogens with one attached hydrogen (secondary N) is 1. The van der Waals surface area contributed by atoms with Gasteiger partial charge in [-0.1, -0.05) is 54.1 Å². The maximum Gasteiger partial charge on any atom is 0.215 e. The molecule has 0 saturated carbocycles. The third kappa shape index (κ3) is 4.11. The van der Waals surface area contributed by atoms with E-state index in [2.05, 4.69) is 44.7 Å². The largest absolute Gasteiger partial charge is 0.335 e. The summed E-state index contributed by atoms with van der Waals surface area (Å²) in [5.74, 6) is 0.821. The molecule has 1 aliphatic heterocycles. The number of benzene rings is 2. The lowest BCUT2D eigenvalue weighted by molar-refractivity contribution is 0.438. The maximum absolute atomic E-state index is 5.91. The molecule has 0 fully saturated rings. The predicted molar refractivity (Wildman–Crippen MR) is 96.0 cm³/mol. The topological polar surface area (TPSA) is 40.0 Å². The molecule has 118 valence electrons. The summed E-state index contributed by atoms with van der Waals surface area (Å²) < 4.78 is 0. The van der Waals surface area contributed by atoms with E-state index >= 15 is 0 Å². The number of hydrogen-bond donors (Lipinski definition) is 1. The molecule has 1 aliphatic rings. The first-order valence-corrected chi connectivity index (χ1v) is 8.00. The molecule has 0 saturated heterocycles. The van der Waals surface area contributed by atoms with Gasteiger partial charge in [0, 0.05) is 18.1 Å². The number of rotatable bonds is 4. The van der Waals surface area contributed by atoms with Crippen molar-refractivity contribution in [3.05, 3.63) is 70.7 Å². The first-order valence-electron chi connectivity index (χ1n) is 7.62.